The first-order valence-electron chi connectivity index (χ1n) is 6.17. The monoisotopic (exact) mass is 281 g/mol. The third-order valence-corrected chi connectivity index (χ3v) is 3.10. The summed E-state index contributed by atoms with van der Waals surface area (Å²) in [6, 6.07) is 3.33. The maximum absolute atomic E-state index is 14.1. The number of halogens is 1. The molecule has 0 saturated heterocycles. The number of aromatic amines is 1. The van der Waals surface area contributed by atoms with Gasteiger partial charge < -0.3 is 9.40 Å². The molecule has 7 heteroatoms. The second-order valence-corrected chi connectivity index (χ2v) is 4.35. The molecule has 0 aliphatic rings. The van der Waals surface area contributed by atoms with Crippen LogP contribution in [-0.2, 0) is 0 Å². The molecule has 0 aliphatic heterocycles. The zero-order chi connectivity index (χ0) is 14.2. The first-order chi connectivity index (χ1) is 10.3. The Morgan fingerprint density at radius 1 is 1.14 bits per heavy atom. The van der Waals surface area contributed by atoms with Crippen LogP contribution in [0.4, 0.5) is 4.39 Å². The van der Waals surface area contributed by atoms with Crippen LogP contribution in [0.5, 0.6) is 0 Å². The molecule has 4 rings (SSSR count). The fraction of sp³-hybridized carbons (Fsp3) is 0. The number of nitrogens with one attached hydrogen (secondary N) is 1. The average molecular weight is 281 g/mol. The predicted octanol–water partition coefficient (Wildman–Crippen LogP) is 2.81. The first-order valence-corrected chi connectivity index (χ1v) is 6.17. The highest BCUT2D eigenvalue weighted by Gasteiger charge is 2.18. The van der Waals surface area contributed by atoms with Gasteiger partial charge in [0.1, 0.15) is 23.3 Å². The Morgan fingerprint density at radius 3 is 2.90 bits per heavy atom. The molecule has 4 aromatic rings. The zero-order valence-corrected chi connectivity index (χ0v) is 10.6. The van der Waals surface area contributed by atoms with E-state index in [2.05, 4.69) is 24.9 Å². The van der Waals surface area contributed by atoms with E-state index in [-0.39, 0.29) is 0 Å². The van der Waals surface area contributed by atoms with Gasteiger partial charge in [0.25, 0.3) is 0 Å². The first kappa shape index (κ1) is 11.7. The highest BCUT2D eigenvalue weighted by atomic mass is 19.1. The Hall–Kier alpha value is -3.09. The van der Waals surface area contributed by atoms with Crippen molar-refractivity contribution in [2.75, 3.05) is 0 Å². The van der Waals surface area contributed by atoms with Gasteiger partial charge >= 0.3 is 0 Å². The number of rotatable bonds is 2. The SMILES string of the molecule is Fc1cnccc1-c1cc2nc[nH]c2nc1-c1ncco1. The van der Waals surface area contributed by atoms with Crippen LogP contribution in [0.3, 0.4) is 0 Å². The van der Waals surface area contributed by atoms with E-state index in [1.807, 2.05) is 0 Å². The van der Waals surface area contributed by atoms with Gasteiger partial charge in [-0.2, -0.15) is 0 Å². The van der Waals surface area contributed by atoms with Crippen LogP contribution in [0, 0.1) is 5.82 Å². The van der Waals surface area contributed by atoms with Gasteiger partial charge in [0.05, 0.1) is 18.7 Å². The van der Waals surface area contributed by atoms with Crippen molar-refractivity contribution < 1.29 is 8.81 Å². The molecule has 0 fully saturated rings. The standard InChI is InChI=1S/C14H8FN5O/c15-10-6-16-2-1-8(10)9-5-11-13(19-7-18-11)20-12(9)14-17-3-4-21-14/h1-7H,(H,18,19,20). The van der Waals surface area contributed by atoms with Crippen molar-refractivity contribution >= 4 is 11.2 Å². The van der Waals surface area contributed by atoms with Gasteiger partial charge in [0.2, 0.25) is 5.89 Å². The fourth-order valence-electron chi connectivity index (χ4n) is 2.17. The third-order valence-electron chi connectivity index (χ3n) is 3.10. The molecule has 0 unspecified atom stereocenters. The number of H-pyrrole nitrogens is 1. The summed E-state index contributed by atoms with van der Waals surface area (Å²) in [6.07, 6.45) is 7.17. The number of hydrogen-bond donors (Lipinski definition) is 1. The lowest BCUT2D eigenvalue weighted by Crippen LogP contribution is -1.94. The number of hydrogen-bond acceptors (Lipinski definition) is 5. The molecule has 0 aromatic carbocycles. The molecule has 102 valence electrons. The van der Waals surface area contributed by atoms with Gasteiger partial charge in [-0.05, 0) is 12.1 Å². The maximum Gasteiger partial charge on any atom is 0.245 e. The molecule has 0 amide bonds. The van der Waals surface area contributed by atoms with E-state index in [1.165, 1.54) is 25.0 Å². The van der Waals surface area contributed by atoms with E-state index in [9.17, 15) is 4.39 Å². The summed E-state index contributed by atoms with van der Waals surface area (Å²) >= 11 is 0. The molecule has 0 radical (unpaired) electrons. The van der Waals surface area contributed by atoms with Crippen LogP contribution in [0.1, 0.15) is 0 Å². The lowest BCUT2D eigenvalue weighted by atomic mass is 10.0. The zero-order valence-electron chi connectivity index (χ0n) is 10.6. The number of nitrogens with zero attached hydrogens (tertiary/aromatic N) is 4. The van der Waals surface area contributed by atoms with Gasteiger partial charge in [-0.3, -0.25) is 4.98 Å². The van der Waals surface area contributed by atoms with Crippen molar-refractivity contribution in [2.24, 2.45) is 0 Å². The molecule has 0 bridgehead atoms. The summed E-state index contributed by atoms with van der Waals surface area (Å²) in [5.74, 6) is -0.125. The van der Waals surface area contributed by atoms with Gasteiger partial charge in [-0.25, -0.2) is 19.3 Å². The van der Waals surface area contributed by atoms with Crippen molar-refractivity contribution in [3.63, 3.8) is 0 Å². The number of imidazole rings is 1. The van der Waals surface area contributed by atoms with Gasteiger partial charge in [-0.1, -0.05) is 0 Å². The van der Waals surface area contributed by atoms with Gasteiger partial charge in [0, 0.05) is 17.3 Å². The summed E-state index contributed by atoms with van der Waals surface area (Å²) in [7, 11) is 0. The summed E-state index contributed by atoms with van der Waals surface area (Å²) in [4.78, 5) is 19.4. The molecule has 0 spiro atoms. The van der Waals surface area contributed by atoms with Crippen molar-refractivity contribution in [3.8, 4) is 22.7 Å². The van der Waals surface area contributed by atoms with Crippen LogP contribution in [0.2, 0.25) is 0 Å². The van der Waals surface area contributed by atoms with E-state index < -0.39 is 5.82 Å². The molecule has 0 saturated carbocycles. The second-order valence-electron chi connectivity index (χ2n) is 4.35. The lowest BCUT2D eigenvalue weighted by Gasteiger charge is -2.07. The minimum atomic E-state index is -0.443. The largest absolute Gasteiger partial charge is 0.443 e. The minimum absolute atomic E-state index is 0.317. The van der Waals surface area contributed by atoms with Crippen LogP contribution in [-0.4, -0.2) is 24.9 Å². The fourth-order valence-corrected chi connectivity index (χ4v) is 2.17. The molecule has 21 heavy (non-hydrogen) atoms. The van der Waals surface area contributed by atoms with E-state index >= 15 is 0 Å². The average Bonchev–Trinajstić information content (AvgIpc) is 3.17. The normalized spacial score (nSPS) is 11.1. The quantitative estimate of drug-likeness (QED) is 0.611. The summed E-state index contributed by atoms with van der Waals surface area (Å²) < 4.78 is 19.4. The smallest absolute Gasteiger partial charge is 0.245 e. The van der Waals surface area contributed by atoms with Crippen molar-refractivity contribution in [3.05, 3.63) is 49.1 Å². The lowest BCUT2D eigenvalue weighted by molar-refractivity contribution is 0.572. The summed E-state index contributed by atoms with van der Waals surface area (Å²) in [5.41, 5.74) is 2.59. The van der Waals surface area contributed by atoms with Crippen molar-refractivity contribution in [1.29, 1.82) is 0 Å². The molecule has 6 nitrogen and oxygen atoms in total. The summed E-state index contributed by atoms with van der Waals surface area (Å²) in [6.45, 7) is 0. The Morgan fingerprint density at radius 2 is 2.10 bits per heavy atom. The van der Waals surface area contributed by atoms with Crippen LogP contribution >= 0.6 is 0 Å². The molecule has 0 atom stereocenters. The number of aromatic nitrogens is 5. The maximum atomic E-state index is 14.1. The molecule has 4 aromatic heterocycles. The second kappa shape index (κ2) is 4.48. The predicted molar refractivity (Wildman–Crippen MR) is 72.6 cm³/mol. The van der Waals surface area contributed by atoms with Gasteiger partial charge in [0.15, 0.2) is 5.65 Å². The van der Waals surface area contributed by atoms with Crippen LogP contribution < -0.4 is 0 Å². The van der Waals surface area contributed by atoms with E-state index in [0.29, 0.717) is 33.9 Å². The number of pyridine rings is 2. The van der Waals surface area contributed by atoms with E-state index in [4.69, 9.17) is 4.42 Å². The number of fused-ring (bicyclic) bond motifs is 1. The molecular weight excluding hydrogens is 273 g/mol. The summed E-state index contributed by atoms with van der Waals surface area (Å²) in [5, 5.41) is 0. The topological polar surface area (TPSA) is 80.5 Å². The Bertz CT molecular complexity index is 916. The highest BCUT2D eigenvalue weighted by Crippen LogP contribution is 2.32. The molecule has 1 N–H and O–H groups in total. The van der Waals surface area contributed by atoms with Crippen LogP contribution in [0.25, 0.3) is 33.9 Å². The Balaban J connectivity index is 2.06. The molecule has 0 aliphatic carbocycles. The van der Waals surface area contributed by atoms with Crippen molar-refractivity contribution in [2.45, 2.75) is 0 Å². The van der Waals surface area contributed by atoms with E-state index in [1.54, 1.807) is 12.1 Å². The third kappa shape index (κ3) is 1.86. The van der Waals surface area contributed by atoms with Crippen molar-refractivity contribution in [1.82, 2.24) is 24.9 Å². The molecular formula is C14H8FN5O. The van der Waals surface area contributed by atoms with E-state index in [0.717, 1.165) is 6.20 Å². The Labute approximate surface area is 117 Å². The van der Waals surface area contributed by atoms with Crippen LogP contribution in [0.15, 0.2) is 47.7 Å². The minimum Gasteiger partial charge on any atom is -0.443 e. The molecule has 4 heterocycles. The number of oxazole rings is 1. The Kier molecular flexibility index (Phi) is 2.50. The van der Waals surface area contributed by atoms with Gasteiger partial charge in [-0.15, -0.1) is 0 Å². The highest BCUT2D eigenvalue weighted by molar-refractivity contribution is 5.86.